The largest absolute Gasteiger partial charge is 0.391 e. The maximum Gasteiger partial charge on any atom is 0.287 e. The number of rotatable bonds is 7. The van der Waals surface area contributed by atoms with E-state index in [0.29, 0.717) is 4.90 Å². The molecule has 1 aromatic heterocycles. The summed E-state index contributed by atoms with van der Waals surface area (Å²) in [4.78, 5) is 29.7. The molecule has 0 saturated heterocycles. The number of carbonyl (C=O) groups excluding carboxylic acids is 1. The van der Waals surface area contributed by atoms with Crippen molar-refractivity contribution >= 4 is 29.2 Å². The van der Waals surface area contributed by atoms with Gasteiger partial charge in [0.05, 0.1) is 17.4 Å². The van der Waals surface area contributed by atoms with E-state index in [0.717, 1.165) is 10.6 Å². The minimum Gasteiger partial charge on any atom is -0.391 e. The van der Waals surface area contributed by atoms with E-state index in [-0.39, 0.29) is 23.7 Å². The molecule has 1 heterocycles. The van der Waals surface area contributed by atoms with Gasteiger partial charge in [0.2, 0.25) is 0 Å². The fourth-order valence-electron chi connectivity index (χ4n) is 2.16. The smallest absolute Gasteiger partial charge is 0.287 e. The highest BCUT2D eigenvalue weighted by Crippen LogP contribution is 2.26. The van der Waals surface area contributed by atoms with Crippen LogP contribution in [0.1, 0.15) is 17.3 Å². The van der Waals surface area contributed by atoms with Crippen molar-refractivity contribution in [1.82, 2.24) is 10.0 Å². The van der Waals surface area contributed by atoms with Gasteiger partial charge in [-0.1, -0.05) is 0 Å². The quantitative estimate of drug-likeness (QED) is 0.488. The molecule has 1 amide bonds. The molecule has 2 aromatic rings. The van der Waals surface area contributed by atoms with Gasteiger partial charge in [0.1, 0.15) is 18.2 Å². The van der Waals surface area contributed by atoms with E-state index in [1.165, 1.54) is 37.9 Å². The van der Waals surface area contributed by atoms with Gasteiger partial charge in [-0.05, 0) is 37.4 Å². The molecule has 0 fully saturated rings. The molecule has 0 aliphatic rings. The molecular formula is C17H19F2N3O4S. The zero-order chi connectivity index (χ0) is 20.1. The summed E-state index contributed by atoms with van der Waals surface area (Å²) in [6, 6.07) is 5.13. The van der Waals surface area contributed by atoms with Gasteiger partial charge < -0.3 is 10.4 Å². The lowest BCUT2D eigenvalue weighted by Crippen LogP contribution is -2.31. The van der Waals surface area contributed by atoms with Crippen LogP contribution < -0.4 is 16.4 Å². The van der Waals surface area contributed by atoms with Gasteiger partial charge in [-0.15, -0.1) is 11.8 Å². The number of hydrogen-bond acceptors (Lipinski definition) is 6. The number of aliphatic hydroxyl groups is 1. The summed E-state index contributed by atoms with van der Waals surface area (Å²) in [6.45, 7) is 1.26. The maximum absolute atomic E-state index is 14.3. The highest BCUT2D eigenvalue weighted by molar-refractivity contribution is 7.98. The summed E-state index contributed by atoms with van der Waals surface area (Å²) < 4.78 is 29.0. The molecule has 1 atom stereocenters. The van der Waals surface area contributed by atoms with Crippen molar-refractivity contribution in [3.63, 3.8) is 0 Å². The summed E-state index contributed by atoms with van der Waals surface area (Å²) >= 11 is 1.35. The van der Waals surface area contributed by atoms with E-state index in [4.69, 9.17) is 9.94 Å². The Morgan fingerprint density at radius 1 is 1.33 bits per heavy atom. The van der Waals surface area contributed by atoms with Crippen molar-refractivity contribution in [1.29, 1.82) is 0 Å². The van der Waals surface area contributed by atoms with Gasteiger partial charge in [0.15, 0.2) is 5.82 Å². The minimum absolute atomic E-state index is 0.00774. The molecule has 0 radical (unpaired) electrons. The molecule has 0 spiro atoms. The van der Waals surface area contributed by atoms with Crippen molar-refractivity contribution in [2.45, 2.75) is 17.9 Å². The van der Waals surface area contributed by atoms with E-state index >= 15 is 0 Å². The first-order valence-corrected chi connectivity index (χ1v) is 9.07. The number of amides is 1. The van der Waals surface area contributed by atoms with Crippen LogP contribution in [0.2, 0.25) is 0 Å². The highest BCUT2D eigenvalue weighted by Gasteiger charge is 2.20. The second-order valence-electron chi connectivity index (χ2n) is 5.68. The lowest BCUT2D eigenvalue weighted by molar-refractivity contribution is -0.00687. The van der Waals surface area contributed by atoms with Gasteiger partial charge in [0, 0.05) is 11.9 Å². The number of nitrogens with one attached hydrogen (secondary N) is 2. The molecule has 1 aromatic carbocycles. The Balaban J connectivity index is 2.41. The fraction of sp³-hybridized carbons (Fsp3) is 0.294. The van der Waals surface area contributed by atoms with Gasteiger partial charge in [0.25, 0.3) is 11.5 Å². The summed E-state index contributed by atoms with van der Waals surface area (Å²) in [5.74, 6) is -2.73. The second-order valence-corrected chi connectivity index (χ2v) is 6.56. The molecule has 3 N–H and O–H groups in total. The molecule has 0 saturated carbocycles. The molecule has 10 heteroatoms. The molecule has 0 aliphatic carbocycles. The Bertz CT molecular complexity index is 902. The Labute approximate surface area is 158 Å². The number of nitrogens with zero attached hydrogens (tertiary/aromatic N) is 1. The van der Waals surface area contributed by atoms with Crippen LogP contribution in [0, 0.1) is 11.6 Å². The molecule has 0 unspecified atom stereocenters. The number of benzene rings is 1. The Hall–Kier alpha value is -2.43. The molecule has 0 bridgehead atoms. The lowest BCUT2D eigenvalue weighted by atomic mass is 10.2. The van der Waals surface area contributed by atoms with Crippen LogP contribution in [0.25, 0.3) is 0 Å². The lowest BCUT2D eigenvalue weighted by Gasteiger charge is -2.17. The number of hydroxylamine groups is 1. The van der Waals surface area contributed by atoms with Crippen molar-refractivity contribution in [2.75, 3.05) is 18.2 Å². The average Bonchev–Trinajstić information content (AvgIpc) is 2.62. The Kier molecular flexibility index (Phi) is 6.94. The second kappa shape index (κ2) is 8.98. The first kappa shape index (κ1) is 20.9. The van der Waals surface area contributed by atoms with Crippen molar-refractivity contribution in [3.8, 4) is 0 Å². The summed E-state index contributed by atoms with van der Waals surface area (Å²) in [7, 11) is 1.25. The Morgan fingerprint density at radius 2 is 2.04 bits per heavy atom. The van der Waals surface area contributed by atoms with Crippen molar-refractivity contribution in [2.24, 2.45) is 7.05 Å². The predicted molar refractivity (Wildman–Crippen MR) is 98.2 cm³/mol. The summed E-state index contributed by atoms with van der Waals surface area (Å²) in [5.41, 5.74) is 0.797. The first-order chi connectivity index (χ1) is 12.7. The standard InChI is InChI=1S/C17H19F2N3O4S/c1-9(23)8-26-21-16(24)11-7-13(19)17(25)22(2)15(11)20-14-5-4-10(27-3)6-12(14)18/h4-7,9,20,23H,8H2,1-3H3,(H,21,24)/t9-/m0/s1. The van der Waals surface area contributed by atoms with E-state index < -0.39 is 29.2 Å². The first-order valence-electron chi connectivity index (χ1n) is 7.84. The van der Waals surface area contributed by atoms with Crippen LogP contribution in [0.3, 0.4) is 0 Å². The van der Waals surface area contributed by atoms with E-state index in [9.17, 15) is 18.4 Å². The number of anilines is 2. The van der Waals surface area contributed by atoms with E-state index in [2.05, 4.69) is 5.32 Å². The third-order valence-electron chi connectivity index (χ3n) is 3.53. The summed E-state index contributed by atoms with van der Waals surface area (Å²) in [6.07, 6.45) is 0.963. The number of hydrogen-bond donors (Lipinski definition) is 3. The number of aromatic nitrogens is 1. The van der Waals surface area contributed by atoms with Gasteiger partial charge in [-0.3, -0.25) is 19.0 Å². The molecule has 27 heavy (non-hydrogen) atoms. The topological polar surface area (TPSA) is 92.6 Å². The van der Waals surface area contributed by atoms with Crippen LogP contribution in [0.4, 0.5) is 20.3 Å². The van der Waals surface area contributed by atoms with Crippen LogP contribution in [0.5, 0.6) is 0 Å². The zero-order valence-electron chi connectivity index (χ0n) is 14.9. The van der Waals surface area contributed by atoms with Crippen molar-refractivity contribution < 1.29 is 23.5 Å². The third kappa shape index (κ3) is 5.06. The number of aliphatic hydroxyl groups excluding tert-OH is 1. The summed E-state index contributed by atoms with van der Waals surface area (Å²) in [5, 5.41) is 11.8. The average molecular weight is 399 g/mol. The minimum atomic E-state index is -1.15. The van der Waals surface area contributed by atoms with Gasteiger partial charge >= 0.3 is 0 Å². The number of carbonyl (C=O) groups is 1. The van der Waals surface area contributed by atoms with Gasteiger partial charge in [-0.25, -0.2) is 14.3 Å². The normalized spacial score (nSPS) is 11.9. The zero-order valence-corrected chi connectivity index (χ0v) is 15.7. The number of thioether (sulfide) groups is 1. The molecule has 7 nitrogen and oxygen atoms in total. The van der Waals surface area contributed by atoms with Crippen LogP contribution >= 0.6 is 11.8 Å². The molecular weight excluding hydrogens is 380 g/mol. The van der Waals surface area contributed by atoms with E-state index in [1.807, 2.05) is 5.48 Å². The molecule has 0 aliphatic heterocycles. The molecule has 146 valence electrons. The number of pyridine rings is 1. The van der Waals surface area contributed by atoms with Crippen LogP contribution in [-0.2, 0) is 11.9 Å². The monoisotopic (exact) mass is 399 g/mol. The maximum atomic E-state index is 14.3. The SMILES string of the molecule is CSc1ccc(Nc2c(C(=O)NOC[C@H](C)O)cc(F)c(=O)n2C)c(F)c1. The highest BCUT2D eigenvalue weighted by atomic mass is 32.2. The third-order valence-corrected chi connectivity index (χ3v) is 4.26. The fourth-order valence-corrected chi connectivity index (χ4v) is 2.58. The van der Waals surface area contributed by atoms with Crippen molar-refractivity contribution in [3.05, 3.63) is 51.8 Å². The Morgan fingerprint density at radius 3 is 2.63 bits per heavy atom. The van der Waals surface area contributed by atoms with E-state index in [1.54, 1.807) is 12.3 Å². The van der Waals surface area contributed by atoms with Crippen LogP contribution in [0.15, 0.2) is 34.0 Å². The van der Waals surface area contributed by atoms with Gasteiger partial charge in [-0.2, -0.15) is 0 Å². The van der Waals surface area contributed by atoms with Crippen LogP contribution in [-0.4, -0.2) is 34.5 Å². The predicted octanol–water partition coefficient (Wildman–Crippen LogP) is 2.17. The number of halogens is 2. The molecule has 2 rings (SSSR count).